The predicted octanol–water partition coefficient (Wildman–Crippen LogP) is 1.72. The molecule has 2 aromatic heterocycles. The van der Waals surface area contributed by atoms with E-state index < -0.39 is 6.10 Å². The van der Waals surface area contributed by atoms with Crippen molar-refractivity contribution < 1.29 is 9.84 Å². The van der Waals surface area contributed by atoms with E-state index in [1.807, 2.05) is 27.1 Å². The number of nitrogens with zero attached hydrogens (tertiary/aromatic N) is 3. The van der Waals surface area contributed by atoms with Crippen LogP contribution in [-0.4, -0.2) is 27.0 Å². The van der Waals surface area contributed by atoms with Crippen LogP contribution in [-0.2, 0) is 13.5 Å². The zero-order chi connectivity index (χ0) is 14.0. The van der Waals surface area contributed by atoms with Gasteiger partial charge in [0.15, 0.2) is 0 Å². The molecule has 0 spiro atoms. The number of ether oxygens (including phenoxy) is 1. The lowest BCUT2D eigenvalue weighted by molar-refractivity contribution is 0.176. The Morgan fingerprint density at radius 1 is 1.37 bits per heavy atom. The maximum Gasteiger partial charge on any atom is 0.128 e. The minimum absolute atomic E-state index is 0.453. The second kappa shape index (κ2) is 5.40. The molecule has 0 radical (unpaired) electrons. The minimum Gasteiger partial charge on any atom is -0.496 e. The van der Waals surface area contributed by atoms with Crippen LogP contribution in [0.5, 0.6) is 5.75 Å². The van der Waals surface area contributed by atoms with Gasteiger partial charge in [-0.05, 0) is 13.8 Å². The average molecular weight is 261 g/mol. The molecule has 2 rings (SSSR count). The summed E-state index contributed by atoms with van der Waals surface area (Å²) < 4.78 is 7.04. The summed E-state index contributed by atoms with van der Waals surface area (Å²) >= 11 is 0. The molecule has 0 aromatic carbocycles. The van der Waals surface area contributed by atoms with Crippen LogP contribution in [0.2, 0.25) is 0 Å². The van der Waals surface area contributed by atoms with Crippen molar-refractivity contribution in [2.75, 3.05) is 7.11 Å². The molecule has 5 nitrogen and oxygen atoms in total. The largest absolute Gasteiger partial charge is 0.496 e. The van der Waals surface area contributed by atoms with Crippen molar-refractivity contribution in [1.29, 1.82) is 0 Å². The molecular weight excluding hydrogens is 242 g/mol. The number of aromatic nitrogens is 3. The molecule has 2 heterocycles. The van der Waals surface area contributed by atoms with Gasteiger partial charge in [-0.15, -0.1) is 0 Å². The van der Waals surface area contributed by atoms with Crippen LogP contribution in [0.25, 0.3) is 0 Å². The molecule has 102 valence electrons. The quantitative estimate of drug-likeness (QED) is 0.910. The Morgan fingerprint density at radius 3 is 2.68 bits per heavy atom. The second-order valence-corrected chi connectivity index (χ2v) is 4.71. The lowest BCUT2D eigenvalue weighted by atomic mass is 10.0. The number of aryl methyl sites for hydroxylation is 2. The number of aliphatic hydroxyl groups excluding tert-OH is 1. The molecule has 1 N–H and O–H groups in total. The molecule has 0 saturated heterocycles. The van der Waals surface area contributed by atoms with Gasteiger partial charge in [-0.25, -0.2) is 0 Å². The van der Waals surface area contributed by atoms with Gasteiger partial charge in [0.25, 0.3) is 0 Å². The first-order valence-electron chi connectivity index (χ1n) is 6.18. The topological polar surface area (TPSA) is 60.2 Å². The van der Waals surface area contributed by atoms with Crippen LogP contribution in [0.3, 0.4) is 0 Å². The van der Waals surface area contributed by atoms with Crippen LogP contribution in [0.1, 0.15) is 28.5 Å². The number of rotatable bonds is 4. The van der Waals surface area contributed by atoms with E-state index >= 15 is 0 Å². The molecule has 0 bridgehead atoms. The Bertz CT molecular complexity index is 578. The number of methoxy groups -OCH3 is 1. The number of aliphatic hydroxyl groups is 1. The fraction of sp³-hybridized carbons (Fsp3) is 0.429. The second-order valence-electron chi connectivity index (χ2n) is 4.71. The first kappa shape index (κ1) is 13.5. The average Bonchev–Trinajstić information content (AvgIpc) is 2.80. The van der Waals surface area contributed by atoms with Crippen molar-refractivity contribution in [1.82, 2.24) is 14.8 Å². The molecule has 0 saturated carbocycles. The van der Waals surface area contributed by atoms with E-state index in [2.05, 4.69) is 10.1 Å². The summed E-state index contributed by atoms with van der Waals surface area (Å²) in [6.45, 7) is 3.92. The fourth-order valence-corrected chi connectivity index (χ4v) is 2.19. The molecule has 1 atom stereocenters. The molecule has 2 aromatic rings. The van der Waals surface area contributed by atoms with Crippen LogP contribution in [0.4, 0.5) is 0 Å². The lowest BCUT2D eigenvalue weighted by Gasteiger charge is -2.14. The van der Waals surface area contributed by atoms with Crippen LogP contribution in [0, 0.1) is 13.8 Å². The summed E-state index contributed by atoms with van der Waals surface area (Å²) in [5.41, 5.74) is 3.62. The van der Waals surface area contributed by atoms with Crippen molar-refractivity contribution in [2.45, 2.75) is 26.4 Å². The summed E-state index contributed by atoms with van der Waals surface area (Å²) in [5.74, 6) is 0.836. The minimum atomic E-state index is -0.604. The van der Waals surface area contributed by atoms with Gasteiger partial charge < -0.3 is 9.84 Å². The van der Waals surface area contributed by atoms with E-state index in [0.717, 1.165) is 28.1 Å². The lowest BCUT2D eigenvalue weighted by Crippen LogP contribution is -2.06. The Labute approximate surface area is 112 Å². The van der Waals surface area contributed by atoms with Crippen LogP contribution in [0.15, 0.2) is 18.6 Å². The maximum absolute atomic E-state index is 10.2. The standard InChI is InChI=1S/C14H19N3O2/c1-9-6-15-12(10(2)14(9)19-4)5-13(18)11-7-16-17(3)8-11/h6-8,13,18H,5H2,1-4H3. The highest BCUT2D eigenvalue weighted by molar-refractivity contribution is 5.41. The first-order chi connectivity index (χ1) is 9.02. The molecule has 0 fully saturated rings. The third kappa shape index (κ3) is 2.76. The highest BCUT2D eigenvalue weighted by Gasteiger charge is 2.15. The van der Waals surface area contributed by atoms with E-state index in [-0.39, 0.29) is 0 Å². The third-order valence-corrected chi connectivity index (χ3v) is 3.25. The van der Waals surface area contributed by atoms with Crippen LogP contribution >= 0.6 is 0 Å². The summed E-state index contributed by atoms with van der Waals surface area (Å²) in [7, 11) is 3.48. The van der Waals surface area contributed by atoms with Gasteiger partial charge in [0.1, 0.15) is 5.75 Å². The van der Waals surface area contributed by atoms with Gasteiger partial charge in [0.05, 0.1) is 19.4 Å². The van der Waals surface area contributed by atoms with Gasteiger partial charge >= 0.3 is 0 Å². The summed E-state index contributed by atoms with van der Waals surface area (Å²) in [6.07, 6.45) is 5.11. The van der Waals surface area contributed by atoms with E-state index in [0.29, 0.717) is 6.42 Å². The van der Waals surface area contributed by atoms with Gasteiger partial charge in [0, 0.05) is 48.2 Å². The summed E-state index contributed by atoms with van der Waals surface area (Å²) in [5, 5.41) is 14.3. The van der Waals surface area contributed by atoms with Gasteiger partial charge in [-0.3, -0.25) is 9.67 Å². The molecule has 0 aliphatic rings. The van der Waals surface area contributed by atoms with Crippen molar-refractivity contribution in [2.24, 2.45) is 7.05 Å². The third-order valence-electron chi connectivity index (χ3n) is 3.25. The van der Waals surface area contributed by atoms with Gasteiger partial charge in [-0.2, -0.15) is 5.10 Å². The zero-order valence-electron chi connectivity index (χ0n) is 11.7. The van der Waals surface area contributed by atoms with Gasteiger partial charge in [-0.1, -0.05) is 0 Å². The monoisotopic (exact) mass is 261 g/mol. The Kier molecular flexibility index (Phi) is 3.85. The van der Waals surface area contributed by atoms with E-state index in [4.69, 9.17) is 4.74 Å². The van der Waals surface area contributed by atoms with Gasteiger partial charge in [0.2, 0.25) is 0 Å². The summed E-state index contributed by atoms with van der Waals surface area (Å²) in [6, 6.07) is 0. The number of hydrogen-bond acceptors (Lipinski definition) is 4. The molecule has 5 heteroatoms. The van der Waals surface area contributed by atoms with Crippen LogP contribution < -0.4 is 4.74 Å². The highest BCUT2D eigenvalue weighted by atomic mass is 16.5. The zero-order valence-corrected chi connectivity index (χ0v) is 11.7. The molecule has 19 heavy (non-hydrogen) atoms. The molecular formula is C14H19N3O2. The van der Waals surface area contributed by atoms with Crippen molar-refractivity contribution in [3.8, 4) is 5.75 Å². The Hall–Kier alpha value is -1.88. The SMILES string of the molecule is COc1c(C)cnc(CC(O)c2cnn(C)c2)c1C. The Morgan fingerprint density at radius 2 is 2.11 bits per heavy atom. The van der Waals surface area contributed by atoms with E-state index in [1.165, 1.54) is 0 Å². The molecule has 0 aliphatic carbocycles. The molecule has 1 unspecified atom stereocenters. The van der Waals surface area contributed by atoms with Crippen molar-refractivity contribution >= 4 is 0 Å². The predicted molar refractivity (Wildman–Crippen MR) is 72.1 cm³/mol. The molecule has 0 aliphatic heterocycles. The Balaban J connectivity index is 2.24. The smallest absolute Gasteiger partial charge is 0.128 e. The maximum atomic E-state index is 10.2. The fourth-order valence-electron chi connectivity index (χ4n) is 2.19. The normalized spacial score (nSPS) is 12.5. The summed E-state index contributed by atoms with van der Waals surface area (Å²) in [4.78, 5) is 4.39. The van der Waals surface area contributed by atoms with Crippen molar-refractivity contribution in [3.63, 3.8) is 0 Å². The molecule has 0 amide bonds. The number of pyridine rings is 1. The van der Waals surface area contributed by atoms with Crippen molar-refractivity contribution in [3.05, 3.63) is 41.0 Å². The number of hydrogen-bond donors (Lipinski definition) is 1. The van der Waals surface area contributed by atoms with E-state index in [1.54, 1.807) is 24.2 Å². The van der Waals surface area contributed by atoms with E-state index in [9.17, 15) is 5.11 Å². The first-order valence-corrected chi connectivity index (χ1v) is 6.18. The highest BCUT2D eigenvalue weighted by Crippen LogP contribution is 2.27.